The van der Waals surface area contributed by atoms with E-state index in [9.17, 15) is 4.79 Å². The minimum atomic E-state index is 0.0884. The summed E-state index contributed by atoms with van der Waals surface area (Å²) in [6.07, 6.45) is 19.4. The van der Waals surface area contributed by atoms with E-state index >= 15 is 0 Å². The first-order valence-electron chi connectivity index (χ1n) is 10.7. The number of hydrogen-bond acceptors (Lipinski definition) is 3. The van der Waals surface area contributed by atoms with Crippen molar-refractivity contribution in [2.45, 2.75) is 103 Å². The summed E-state index contributed by atoms with van der Waals surface area (Å²) in [6.45, 7) is 2.26. The van der Waals surface area contributed by atoms with Crippen molar-refractivity contribution in [3.8, 4) is 0 Å². The number of aliphatic hydroxyl groups is 1. The molecule has 144 valence electrons. The van der Waals surface area contributed by atoms with Crippen molar-refractivity contribution in [3.63, 3.8) is 0 Å². The Labute approximate surface area is 154 Å². The summed E-state index contributed by atoms with van der Waals surface area (Å²) in [4.78, 5) is 12.5. The minimum Gasteiger partial charge on any atom is -0.516 e. The molecule has 0 aromatic heterocycles. The molecular formula is C22H38O3. The lowest BCUT2D eigenvalue weighted by molar-refractivity contribution is -0.157. The fourth-order valence-corrected chi connectivity index (χ4v) is 4.66. The molecule has 2 fully saturated rings. The second-order valence-electron chi connectivity index (χ2n) is 8.26. The van der Waals surface area contributed by atoms with Gasteiger partial charge in [-0.2, -0.15) is 0 Å². The number of aliphatic hydroxyl groups excluding tert-OH is 1. The average molecular weight is 351 g/mol. The molecule has 3 nitrogen and oxygen atoms in total. The maximum absolute atomic E-state index is 12.5. The van der Waals surface area contributed by atoms with E-state index < -0.39 is 0 Å². The summed E-state index contributed by atoms with van der Waals surface area (Å²) in [5.74, 6) is 1.89. The molecule has 0 atom stereocenters. The van der Waals surface area contributed by atoms with Gasteiger partial charge in [-0.1, -0.05) is 38.7 Å². The van der Waals surface area contributed by atoms with Crippen molar-refractivity contribution in [2.24, 2.45) is 17.8 Å². The largest absolute Gasteiger partial charge is 0.516 e. The van der Waals surface area contributed by atoms with E-state index in [1.165, 1.54) is 51.4 Å². The van der Waals surface area contributed by atoms with Gasteiger partial charge in [0.15, 0.2) is 0 Å². The number of unbranched alkanes of at least 4 members (excludes halogenated alkanes) is 2. The Hall–Kier alpha value is -0.990. The van der Waals surface area contributed by atoms with Crippen LogP contribution in [0.2, 0.25) is 0 Å². The van der Waals surface area contributed by atoms with Crippen LogP contribution in [0.4, 0.5) is 0 Å². The molecule has 0 radical (unpaired) electrons. The lowest BCUT2D eigenvalue weighted by Gasteiger charge is -2.31. The third kappa shape index (κ3) is 7.42. The van der Waals surface area contributed by atoms with Gasteiger partial charge < -0.3 is 9.84 Å². The third-order valence-corrected chi connectivity index (χ3v) is 6.29. The van der Waals surface area contributed by atoms with E-state index in [4.69, 9.17) is 9.84 Å². The van der Waals surface area contributed by atoms with Crippen molar-refractivity contribution in [2.75, 3.05) is 0 Å². The highest BCUT2D eigenvalue weighted by Crippen LogP contribution is 2.34. The van der Waals surface area contributed by atoms with Crippen LogP contribution < -0.4 is 0 Å². The molecule has 2 saturated carbocycles. The van der Waals surface area contributed by atoms with E-state index in [-0.39, 0.29) is 18.0 Å². The quantitative estimate of drug-likeness (QED) is 0.300. The second-order valence-corrected chi connectivity index (χ2v) is 8.26. The van der Waals surface area contributed by atoms with Gasteiger partial charge in [0.25, 0.3) is 0 Å². The van der Waals surface area contributed by atoms with Gasteiger partial charge in [-0.15, -0.1) is 0 Å². The second kappa shape index (κ2) is 11.6. The lowest BCUT2D eigenvalue weighted by atomic mass is 9.79. The van der Waals surface area contributed by atoms with Crippen molar-refractivity contribution >= 4 is 5.97 Å². The van der Waals surface area contributed by atoms with Crippen LogP contribution in [0.3, 0.4) is 0 Å². The predicted octanol–water partition coefficient (Wildman–Crippen LogP) is 6.33. The van der Waals surface area contributed by atoms with Crippen molar-refractivity contribution in [3.05, 3.63) is 12.3 Å². The average Bonchev–Trinajstić information content (AvgIpc) is 2.64. The highest BCUT2D eigenvalue weighted by atomic mass is 16.5. The first-order valence-corrected chi connectivity index (χ1v) is 10.7. The zero-order valence-electron chi connectivity index (χ0n) is 16.1. The fourth-order valence-electron chi connectivity index (χ4n) is 4.66. The zero-order valence-corrected chi connectivity index (χ0v) is 16.1. The normalized spacial score (nSPS) is 30.4. The smallest absolute Gasteiger partial charge is 0.309 e. The number of hydrogen-bond donors (Lipinski definition) is 1. The van der Waals surface area contributed by atoms with Gasteiger partial charge in [-0.05, 0) is 76.0 Å². The van der Waals surface area contributed by atoms with Crippen LogP contribution in [-0.2, 0) is 9.53 Å². The molecule has 0 aliphatic heterocycles. The van der Waals surface area contributed by atoms with Crippen LogP contribution in [0.5, 0.6) is 0 Å². The molecule has 25 heavy (non-hydrogen) atoms. The summed E-state index contributed by atoms with van der Waals surface area (Å²) in [6, 6.07) is 0. The first kappa shape index (κ1) is 20.3. The Morgan fingerprint density at radius 3 is 2.24 bits per heavy atom. The number of carbonyl (C=O) groups is 1. The molecule has 3 heteroatoms. The van der Waals surface area contributed by atoms with Gasteiger partial charge in [-0.25, -0.2) is 0 Å². The first-order chi connectivity index (χ1) is 12.2. The van der Waals surface area contributed by atoms with E-state index in [0.717, 1.165) is 56.6 Å². The molecule has 0 saturated heterocycles. The Morgan fingerprint density at radius 2 is 1.60 bits per heavy atom. The number of rotatable bonds is 9. The third-order valence-electron chi connectivity index (χ3n) is 6.29. The minimum absolute atomic E-state index is 0.0884. The molecule has 2 aliphatic rings. The van der Waals surface area contributed by atoms with E-state index in [2.05, 4.69) is 6.92 Å². The van der Waals surface area contributed by atoms with Crippen LogP contribution in [0.1, 0.15) is 96.8 Å². The van der Waals surface area contributed by atoms with Gasteiger partial charge >= 0.3 is 5.97 Å². The summed E-state index contributed by atoms with van der Waals surface area (Å²) in [5.41, 5.74) is 0. The number of ether oxygens (including phenoxy) is 1. The molecule has 2 aliphatic carbocycles. The molecule has 0 aromatic carbocycles. The predicted molar refractivity (Wildman–Crippen MR) is 102 cm³/mol. The Kier molecular flexibility index (Phi) is 9.42. The molecular weight excluding hydrogens is 312 g/mol. The van der Waals surface area contributed by atoms with E-state index in [1.54, 1.807) is 0 Å². The molecule has 0 bridgehead atoms. The molecule has 0 heterocycles. The summed E-state index contributed by atoms with van der Waals surface area (Å²) in [5, 5.41) is 8.63. The van der Waals surface area contributed by atoms with Gasteiger partial charge in [0, 0.05) is 0 Å². The van der Waals surface area contributed by atoms with E-state index in [0.29, 0.717) is 0 Å². The summed E-state index contributed by atoms with van der Waals surface area (Å²) < 4.78 is 5.85. The molecule has 1 N–H and O–H groups in total. The van der Waals surface area contributed by atoms with Crippen molar-refractivity contribution in [1.82, 2.24) is 0 Å². The highest BCUT2D eigenvalue weighted by Gasteiger charge is 2.30. The van der Waals surface area contributed by atoms with Crippen LogP contribution in [-0.4, -0.2) is 17.2 Å². The van der Waals surface area contributed by atoms with Crippen LogP contribution in [0.15, 0.2) is 12.3 Å². The Balaban J connectivity index is 1.58. The van der Waals surface area contributed by atoms with Crippen molar-refractivity contribution < 1.29 is 14.6 Å². The molecule has 0 spiro atoms. The van der Waals surface area contributed by atoms with Crippen LogP contribution in [0, 0.1) is 17.8 Å². The molecule has 0 aromatic rings. The van der Waals surface area contributed by atoms with E-state index in [1.807, 2.05) is 6.08 Å². The highest BCUT2D eigenvalue weighted by molar-refractivity contribution is 5.72. The van der Waals surface area contributed by atoms with Gasteiger partial charge in [0.2, 0.25) is 0 Å². The Bertz CT molecular complexity index is 388. The maximum Gasteiger partial charge on any atom is 0.309 e. The molecule has 0 amide bonds. The zero-order chi connectivity index (χ0) is 17.9. The van der Waals surface area contributed by atoms with Gasteiger partial charge in [0.1, 0.15) is 6.10 Å². The number of esters is 1. The summed E-state index contributed by atoms with van der Waals surface area (Å²) >= 11 is 0. The summed E-state index contributed by atoms with van der Waals surface area (Å²) in [7, 11) is 0. The molecule has 2 rings (SSSR count). The van der Waals surface area contributed by atoms with Gasteiger partial charge in [-0.3, -0.25) is 4.79 Å². The SMILES string of the molecule is CCCC1CCC(OC(=O)C2CCC(CCCC/C=C\O)CC2)CC1. The monoisotopic (exact) mass is 350 g/mol. The number of carbonyl (C=O) groups excluding carboxylic acids is 1. The molecule has 0 unspecified atom stereocenters. The lowest BCUT2D eigenvalue weighted by Crippen LogP contribution is -2.30. The van der Waals surface area contributed by atoms with Crippen LogP contribution >= 0.6 is 0 Å². The topological polar surface area (TPSA) is 46.5 Å². The van der Waals surface area contributed by atoms with Crippen LogP contribution in [0.25, 0.3) is 0 Å². The standard InChI is InChI=1S/C22H38O3/c1-2-7-18-11-15-21(16-12-18)25-22(24)20-13-9-19(10-14-20)8-5-3-4-6-17-23/h6,17-21,23H,2-5,7-16H2,1H3/b17-6-. The maximum atomic E-state index is 12.5. The fraction of sp³-hybridized carbons (Fsp3) is 0.864. The number of allylic oxidation sites excluding steroid dienone is 1. The van der Waals surface area contributed by atoms with Gasteiger partial charge in [0.05, 0.1) is 12.2 Å². The Morgan fingerprint density at radius 1 is 0.960 bits per heavy atom. The van der Waals surface area contributed by atoms with Crippen molar-refractivity contribution in [1.29, 1.82) is 0 Å².